The van der Waals surface area contributed by atoms with Gasteiger partial charge < -0.3 is 10.4 Å². The number of aryl methyl sites for hydroxylation is 2. The van der Waals surface area contributed by atoms with Crippen LogP contribution >= 0.6 is 0 Å². The fourth-order valence-corrected chi connectivity index (χ4v) is 2.43. The quantitative estimate of drug-likeness (QED) is 0.618. The van der Waals surface area contributed by atoms with Crippen molar-refractivity contribution in [3.05, 3.63) is 34.4 Å². The van der Waals surface area contributed by atoms with E-state index in [0.717, 1.165) is 11.1 Å². The zero-order valence-electron chi connectivity index (χ0n) is 12.1. The summed E-state index contributed by atoms with van der Waals surface area (Å²) in [7, 11) is 0. The Morgan fingerprint density at radius 2 is 1.65 bits per heavy atom. The van der Waals surface area contributed by atoms with Crippen molar-refractivity contribution in [2.24, 2.45) is 0 Å². The molecule has 0 saturated carbocycles. The van der Waals surface area contributed by atoms with E-state index in [1.807, 2.05) is 26.0 Å². The molecule has 20 heavy (non-hydrogen) atoms. The molecule has 0 fully saturated rings. The third kappa shape index (κ3) is 2.59. The molecule has 2 rings (SSSR count). The fourth-order valence-electron chi connectivity index (χ4n) is 2.43. The van der Waals surface area contributed by atoms with Gasteiger partial charge in [-0.1, -0.05) is 12.1 Å². The zero-order valence-corrected chi connectivity index (χ0v) is 12.1. The lowest BCUT2D eigenvalue weighted by Crippen LogP contribution is -2.38. The molecular formula is C15H20N2O3. The van der Waals surface area contributed by atoms with Crippen molar-refractivity contribution in [2.75, 3.05) is 19.6 Å². The van der Waals surface area contributed by atoms with Crippen LogP contribution in [0.5, 0.6) is 0 Å². The summed E-state index contributed by atoms with van der Waals surface area (Å²) in [5.41, 5.74) is 2.74. The Kier molecular flexibility index (Phi) is 4.20. The maximum Gasteiger partial charge on any atom is 0.261 e. The van der Waals surface area contributed by atoms with Gasteiger partial charge in [-0.2, -0.15) is 0 Å². The molecule has 0 bridgehead atoms. The van der Waals surface area contributed by atoms with Crippen molar-refractivity contribution in [2.45, 2.75) is 26.9 Å². The number of fused-ring (bicyclic) bond motifs is 1. The number of carbonyl (C=O) groups excluding carboxylic acids is 2. The van der Waals surface area contributed by atoms with Crippen LogP contribution in [0.1, 0.15) is 38.8 Å². The van der Waals surface area contributed by atoms with Gasteiger partial charge in [-0.05, 0) is 31.9 Å². The Morgan fingerprint density at radius 1 is 1.15 bits per heavy atom. The van der Waals surface area contributed by atoms with Crippen LogP contribution < -0.4 is 5.32 Å². The van der Waals surface area contributed by atoms with Crippen molar-refractivity contribution in [1.82, 2.24) is 10.2 Å². The number of hydrogen-bond acceptors (Lipinski definition) is 4. The molecule has 1 heterocycles. The van der Waals surface area contributed by atoms with Gasteiger partial charge in [0.25, 0.3) is 11.8 Å². The first kappa shape index (κ1) is 14.7. The first-order valence-electron chi connectivity index (χ1n) is 6.78. The molecule has 0 spiro atoms. The summed E-state index contributed by atoms with van der Waals surface area (Å²) in [6.45, 7) is 6.62. The summed E-state index contributed by atoms with van der Waals surface area (Å²) in [6, 6.07) is 3.74. The lowest BCUT2D eigenvalue weighted by atomic mass is 9.99. The predicted molar refractivity (Wildman–Crippen MR) is 75.8 cm³/mol. The van der Waals surface area contributed by atoms with Gasteiger partial charge in [-0.3, -0.25) is 14.5 Å². The van der Waals surface area contributed by atoms with Crippen molar-refractivity contribution >= 4 is 11.8 Å². The number of carbonyl (C=O) groups is 2. The average molecular weight is 276 g/mol. The SMILES string of the molecule is Cc1ccc(C)c2c1C(=O)N(CCNCC(C)O)C2=O. The van der Waals surface area contributed by atoms with Crippen molar-refractivity contribution in [3.63, 3.8) is 0 Å². The van der Waals surface area contributed by atoms with Gasteiger partial charge in [0.1, 0.15) is 0 Å². The number of rotatable bonds is 5. The summed E-state index contributed by atoms with van der Waals surface area (Å²) >= 11 is 0. The van der Waals surface area contributed by atoms with E-state index in [9.17, 15) is 9.59 Å². The first-order chi connectivity index (χ1) is 9.43. The standard InChI is InChI=1S/C15H20N2O3/c1-9-4-5-10(2)13-12(9)14(19)17(15(13)20)7-6-16-8-11(3)18/h4-5,11,16,18H,6-8H2,1-3H3. The first-order valence-corrected chi connectivity index (χ1v) is 6.78. The molecule has 1 unspecified atom stereocenters. The molecule has 0 aromatic heterocycles. The fraction of sp³-hybridized carbons (Fsp3) is 0.467. The van der Waals surface area contributed by atoms with Crippen LogP contribution in [0, 0.1) is 13.8 Å². The molecule has 1 aromatic rings. The Morgan fingerprint density at radius 3 is 2.10 bits per heavy atom. The second-order valence-electron chi connectivity index (χ2n) is 5.26. The summed E-state index contributed by atoms with van der Waals surface area (Å²) < 4.78 is 0. The van der Waals surface area contributed by atoms with Crippen LogP contribution in [0.3, 0.4) is 0 Å². The Bertz CT molecular complexity index is 511. The van der Waals surface area contributed by atoms with Gasteiger partial charge in [-0.25, -0.2) is 0 Å². The molecule has 5 nitrogen and oxygen atoms in total. The number of aliphatic hydroxyl groups excluding tert-OH is 1. The van der Waals surface area contributed by atoms with Crippen molar-refractivity contribution < 1.29 is 14.7 Å². The highest BCUT2D eigenvalue weighted by molar-refractivity contribution is 6.22. The number of benzene rings is 1. The van der Waals surface area contributed by atoms with Crippen LogP contribution in [0.4, 0.5) is 0 Å². The number of imide groups is 1. The van der Waals surface area contributed by atoms with Gasteiger partial charge in [-0.15, -0.1) is 0 Å². The highest BCUT2D eigenvalue weighted by Gasteiger charge is 2.37. The van der Waals surface area contributed by atoms with E-state index in [1.54, 1.807) is 6.92 Å². The normalized spacial score (nSPS) is 15.7. The maximum absolute atomic E-state index is 12.3. The minimum Gasteiger partial charge on any atom is -0.392 e. The summed E-state index contributed by atoms with van der Waals surface area (Å²) in [6.07, 6.45) is -0.443. The number of nitrogens with zero attached hydrogens (tertiary/aromatic N) is 1. The van der Waals surface area contributed by atoms with Crippen LogP contribution in [-0.4, -0.2) is 47.6 Å². The lowest BCUT2D eigenvalue weighted by Gasteiger charge is -2.14. The average Bonchev–Trinajstić information content (AvgIpc) is 2.63. The molecular weight excluding hydrogens is 256 g/mol. The molecule has 5 heteroatoms. The Balaban J connectivity index is 2.12. The van der Waals surface area contributed by atoms with Crippen molar-refractivity contribution in [3.8, 4) is 0 Å². The monoisotopic (exact) mass is 276 g/mol. The lowest BCUT2D eigenvalue weighted by molar-refractivity contribution is 0.0654. The van der Waals surface area contributed by atoms with E-state index in [0.29, 0.717) is 30.8 Å². The largest absolute Gasteiger partial charge is 0.392 e. The minimum atomic E-state index is -0.443. The number of aliphatic hydroxyl groups is 1. The predicted octanol–water partition coefficient (Wildman–Crippen LogP) is 0.870. The van der Waals surface area contributed by atoms with E-state index in [2.05, 4.69) is 5.32 Å². The highest BCUT2D eigenvalue weighted by Crippen LogP contribution is 2.28. The smallest absolute Gasteiger partial charge is 0.261 e. The molecule has 0 saturated heterocycles. The van der Waals surface area contributed by atoms with Gasteiger partial charge >= 0.3 is 0 Å². The molecule has 0 aliphatic carbocycles. The highest BCUT2D eigenvalue weighted by atomic mass is 16.3. The molecule has 2 N–H and O–H groups in total. The number of hydrogen-bond donors (Lipinski definition) is 2. The zero-order chi connectivity index (χ0) is 14.9. The second-order valence-corrected chi connectivity index (χ2v) is 5.26. The van der Waals surface area contributed by atoms with E-state index in [1.165, 1.54) is 4.90 Å². The van der Waals surface area contributed by atoms with Gasteiger partial charge in [0, 0.05) is 19.6 Å². The third-order valence-corrected chi connectivity index (χ3v) is 3.49. The van der Waals surface area contributed by atoms with Crippen LogP contribution in [0.15, 0.2) is 12.1 Å². The van der Waals surface area contributed by atoms with Gasteiger partial charge in [0.15, 0.2) is 0 Å². The topological polar surface area (TPSA) is 69.6 Å². The van der Waals surface area contributed by atoms with Gasteiger partial charge in [0.05, 0.1) is 17.2 Å². The van der Waals surface area contributed by atoms with Crippen molar-refractivity contribution in [1.29, 1.82) is 0 Å². The van der Waals surface area contributed by atoms with E-state index < -0.39 is 6.10 Å². The molecule has 0 radical (unpaired) electrons. The molecule has 1 atom stereocenters. The van der Waals surface area contributed by atoms with Crippen LogP contribution in [-0.2, 0) is 0 Å². The van der Waals surface area contributed by atoms with Gasteiger partial charge in [0.2, 0.25) is 0 Å². The van der Waals surface area contributed by atoms with Crippen LogP contribution in [0.25, 0.3) is 0 Å². The Labute approximate surface area is 118 Å². The van der Waals surface area contributed by atoms with Crippen LogP contribution in [0.2, 0.25) is 0 Å². The summed E-state index contributed by atoms with van der Waals surface area (Å²) in [5.74, 6) is -0.435. The third-order valence-electron chi connectivity index (χ3n) is 3.49. The van der Waals surface area contributed by atoms with E-state index in [-0.39, 0.29) is 11.8 Å². The Hall–Kier alpha value is -1.72. The summed E-state index contributed by atoms with van der Waals surface area (Å²) in [4.78, 5) is 25.9. The molecule has 1 aliphatic rings. The van der Waals surface area contributed by atoms with E-state index >= 15 is 0 Å². The summed E-state index contributed by atoms with van der Waals surface area (Å²) in [5, 5.41) is 12.2. The number of nitrogens with one attached hydrogen (secondary N) is 1. The minimum absolute atomic E-state index is 0.218. The van der Waals surface area contributed by atoms with E-state index in [4.69, 9.17) is 5.11 Å². The molecule has 2 amide bonds. The second kappa shape index (κ2) is 5.73. The molecule has 108 valence electrons. The molecule has 1 aromatic carbocycles. The molecule has 1 aliphatic heterocycles. The number of amides is 2. The maximum atomic E-state index is 12.3.